The second-order valence-corrected chi connectivity index (χ2v) is 5.53. The molecule has 4 saturated heterocycles. The number of hydrogen-bond acceptors (Lipinski definition) is 5. The Morgan fingerprint density at radius 3 is 3.06 bits per heavy atom. The number of carbonyl (C=O) groups is 2. The lowest BCUT2D eigenvalue weighted by atomic mass is 9.87. The Morgan fingerprint density at radius 1 is 1.39 bits per heavy atom. The normalized spacial score (nSPS) is 42.4. The van der Waals surface area contributed by atoms with Crippen LogP contribution >= 0.6 is 0 Å². The van der Waals surface area contributed by atoms with Crippen molar-refractivity contribution in [1.29, 1.82) is 0 Å². The molecule has 4 rings (SSSR count). The summed E-state index contributed by atoms with van der Waals surface area (Å²) in [4.78, 5) is 27.5. The van der Waals surface area contributed by atoms with Crippen molar-refractivity contribution in [1.82, 2.24) is 9.80 Å². The van der Waals surface area contributed by atoms with E-state index in [0.29, 0.717) is 13.2 Å². The van der Waals surface area contributed by atoms with Gasteiger partial charge < -0.3 is 9.47 Å². The molecule has 2 bridgehead atoms. The van der Waals surface area contributed by atoms with Gasteiger partial charge in [0, 0.05) is 13.1 Å². The number of carbonyl (C=O) groups excluding carboxylic acids is 2. The van der Waals surface area contributed by atoms with Gasteiger partial charge in [-0.15, -0.1) is 0 Å². The molecule has 0 aromatic carbocycles. The van der Waals surface area contributed by atoms with E-state index in [0.717, 1.165) is 32.4 Å². The van der Waals surface area contributed by atoms with Crippen molar-refractivity contribution < 1.29 is 19.1 Å². The zero-order chi connectivity index (χ0) is 12.3. The van der Waals surface area contributed by atoms with Gasteiger partial charge in [0.2, 0.25) is 5.91 Å². The van der Waals surface area contributed by atoms with E-state index in [2.05, 4.69) is 4.90 Å². The lowest BCUT2D eigenvalue weighted by molar-refractivity contribution is -0.144. The van der Waals surface area contributed by atoms with Gasteiger partial charge in [-0.2, -0.15) is 0 Å². The summed E-state index contributed by atoms with van der Waals surface area (Å²) in [5.74, 6) is -0.295. The van der Waals surface area contributed by atoms with Crippen LogP contribution < -0.4 is 0 Å². The Morgan fingerprint density at radius 2 is 2.28 bits per heavy atom. The third-order valence-corrected chi connectivity index (χ3v) is 4.66. The molecule has 1 spiro atoms. The monoisotopic (exact) mass is 252 g/mol. The minimum atomic E-state index is -0.497. The van der Waals surface area contributed by atoms with Crippen molar-refractivity contribution >= 4 is 12.0 Å². The van der Waals surface area contributed by atoms with Crippen LogP contribution in [0.3, 0.4) is 0 Å². The molecule has 0 saturated carbocycles. The molecule has 4 heterocycles. The maximum Gasteiger partial charge on any atom is 0.416 e. The van der Waals surface area contributed by atoms with Gasteiger partial charge in [0.25, 0.3) is 0 Å². The van der Waals surface area contributed by atoms with E-state index in [1.807, 2.05) is 0 Å². The lowest BCUT2D eigenvalue weighted by Gasteiger charge is -2.36. The SMILES string of the molecule is O=C1OCCN1C(=O)[C@@H]1C[C@@H]2CN3CCC[C@]13O2. The van der Waals surface area contributed by atoms with Crippen LogP contribution in [0.1, 0.15) is 19.3 Å². The largest absolute Gasteiger partial charge is 0.447 e. The summed E-state index contributed by atoms with van der Waals surface area (Å²) in [7, 11) is 0. The molecule has 0 aromatic rings. The van der Waals surface area contributed by atoms with Crippen LogP contribution in [0, 0.1) is 5.92 Å². The average Bonchev–Trinajstić information content (AvgIpc) is 3.04. The predicted molar refractivity (Wildman–Crippen MR) is 59.6 cm³/mol. The fourth-order valence-electron chi connectivity index (χ4n) is 3.94. The maximum atomic E-state index is 12.5. The van der Waals surface area contributed by atoms with E-state index in [-0.39, 0.29) is 17.9 Å². The second kappa shape index (κ2) is 3.45. The highest BCUT2D eigenvalue weighted by molar-refractivity contribution is 5.95. The molecule has 0 radical (unpaired) electrons. The first kappa shape index (κ1) is 10.8. The Bertz CT molecular complexity index is 426. The van der Waals surface area contributed by atoms with Gasteiger partial charge in [-0.05, 0) is 19.3 Å². The zero-order valence-electron chi connectivity index (χ0n) is 10.1. The van der Waals surface area contributed by atoms with Gasteiger partial charge in [0.05, 0.1) is 18.6 Å². The van der Waals surface area contributed by atoms with Crippen LogP contribution in [-0.4, -0.2) is 59.9 Å². The Balaban J connectivity index is 1.62. The van der Waals surface area contributed by atoms with E-state index in [1.165, 1.54) is 4.90 Å². The number of cyclic esters (lactones) is 1. The molecule has 18 heavy (non-hydrogen) atoms. The molecule has 0 unspecified atom stereocenters. The Hall–Kier alpha value is -1.14. The summed E-state index contributed by atoms with van der Waals surface area (Å²) in [6, 6.07) is 0. The number of rotatable bonds is 1. The van der Waals surface area contributed by atoms with Crippen LogP contribution in [0.15, 0.2) is 0 Å². The molecule has 2 amide bonds. The molecular weight excluding hydrogens is 236 g/mol. The van der Waals surface area contributed by atoms with Crippen LogP contribution in [-0.2, 0) is 14.3 Å². The third kappa shape index (κ3) is 1.20. The summed E-state index contributed by atoms with van der Waals surface area (Å²) in [6.07, 6.45) is 2.39. The van der Waals surface area contributed by atoms with Crippen molar-refractivity contribution in [3.8, 4) is 0 Å². The topological polar surface area (TPSA) is 59.1 Å². The second-order valence-electron chi connectivity index (χ2n) is 5.53. The van der Waals surface area contributed by atoms with Gasteiger partial charge in [0.1, 0.15) is 12.3 Å². The minimum absolute atomic E-state index is 0.105. The Labute approximate surface area is 105 Å². The van der Waals surface area contributed by atoms with Gasteiger partial charge in [-0.3, -0.25) is 9.69 Å². The first-order valence-electron chi connectivity index (χ1n) is 6.62. The number of piperidine rings is 1. The summed E-state index contributed by atoms with van der Waals surface area (Å²) in [5, 5.41) is 0. The number of ether oxygens (including phenoxy) is 2. The van der Waals surface area contributed by atoms with Crippen molar-refractivity contribution in [2.45, 2.75) is 31.1 Å². The summed E-state index contributed by atoms with van der Waals surface area (Å²) >= 11 is 0. The van der Waals surface area contributed by atoms with Crippen molar-refractivity contribution in [2.24, 2.45) is 5.92 Å². The molecule has 4 fully saturated rings. The number of amides is 2. The van der Waals surface area contributed by atoms with E-state index >= 15 is 0 Å². The number of hydrogen-bond donors (Lipinski definition) is 0. The fraction of sp³-hybridized carbons (Fsp3) is 0.833. The number of imide groups is 1. The van der Waals surface area contributed by atoms with Crippen LogP contribution in [0.5, 0.6) is 0 Å². The van der Waals surface area contributed by atoms with Crippen molar-refractivity contribution in [2.75, 3.05) is 26.2 Å². The third-order valence-electron chi connectivity index (χ3n) is 4.66. The molecule has 0 aliphatic carbocycles. The van der Waals surface area contributed by atoms with Crippen LogP contribution in [0.2, 0.25) is 0 Å². The van der Waals surface area contributed by atoms with Gasteiger partial charge in [-0.1, -0.05) is 0 Å². The molecule has 6 heteroatoms. The van der Waals surface area contributed by atoms with E-state index < -0.39 is 11.8 Å². The summed E-state index contributed by atoms with van der Waals surface area (Å²) in [6.45, 7) is 2.64. The van der Waals surface area contributed by atoms with E-state index in [1.54, 1.807) is 0 Å². The maximum absolute atomic E-state index is 12.5. The molecular formula is C12H16N2O4. The van der Waals surface area contributed by atoms with Gasteiger partial charge in [0.15, 0.2) is 0 Å². The smallest absolute Gasteiger partial charge is 0.416 e. The average molecular weight is 252 g/mol. The minimum Gasteiger partial charge on any atom is -0.447 e. The number of nitrogens with zero attached hydrogens (tertiary/aromatic N) is 2. The Kier molecular flexibility index (Phi) is 2.06. The van der Waals surface area contributed by atoms with Gasteiger partial charge in [-0.25, -0.2) is 9.69 Å². The molecule has 3 atom stereocenters. The van der Waals surface area contributed by atoms with Gasteiger partial charge >= 0.3 is 6.09 Å². The quantitative estimate of drug-likeness (QED) is 0.666. The van der Waals surface area contributed by atoms with E-state index in [4.69, 9.17) is 9.47 Å². The van der Waals surface area contributed by atoms with Crippen LogP contribution in [0.25, 0.3) is 0 Å². The van der Waals surface area contributed by atoms with E-state index in [9.17, 15) is 9.59 Å². The molecule has 0 aromatic heterocycles. The molecule has 0 N–H and O–H groups in total. The fourth-order valence-corrected chi connectivity index (χ4v) is 3.94. The first-order valence-corrected chi connectivity index (χ1v) is 6.62. The zero-order valence-corrected chi connectivity index (χ0v) is 10.1. The summed E-state index contributed by atoms with van der Waals surface area (Å²) in [5.41, 5.74) is -0.412. The summed E-state index contributed by atoms with van der Waals surface area (Å²) < 4.78 is 10.9. The van der Waals surface area contributed by atoms with Crippen molar-refractivity contribution in [3.63, 3.8) is 0 Å². The highest BCUT2D eigenvalue weighted by Crippen LogP contribution is 2.51. The molecule has 6 nitrogen and oxygen atoms in total. The standard InChI is InChI=1S/C12H16N2O4/c15-10(14-4-5-17-11(14)16)9-6-8-7-13-3-1-2-12(9,13)18-8/h8-9H,1-7H2/t8-,9+,12+/m1/s1. The highest BCUT2D eigenvalue weighted by Gasteiger charge is 2.63. The number of fused-ring (bicyclic) bond motifs is 1. The van der Waals surface area contributed by atoms with Crippen LogP contribution in [0.4, 0.5) is 4.79 Å². The lowest BCUT2D eigenvalue weighted by Crippen LogP contribution is -2.53. The first-order chi connectivity index (χ1) is 8.71. The molecule has 4 aliphatic rings. The molecule has 98 valence electrons. The molecule has 4 aliphatic heterocycles. The predicted octanol–water partition coefficient (Wildman–Crippen LogP) is 0.176. The highest BCUT2D eigenvalue weighted by atomic mass is 16.6. The van der Waals surface area contributed by atoms with Crippen molar-refractivity contribution in [3.05, 3.63) is 0 Å².